The average molecular weight is 211 g/mol. The van der Waals surface area contributed by atoms with Gasteiger partial charge in [-0.25, -0.2) is 9.97 Å². The van der Waals surface area contributed by atoms with Crippen molar-refractivity contribution < 1.29 is 9.84 Å². The van der Waals surface area contributed by atoms with E-state index in [2.05, 4.69) is 15.3 Å². The van der Waals surface area contributed by atoms with Crippen LogP contribution in [0.3, 0.4) is 0 Å². The average Bonchev–Trinajstić information content (AvgIpc) is 2.14. The highest BCUT2D eigenvalue weighted by Gasteiger charge is 2.04. The summed E-state index contributed by atoms with van der Waals surface area (Å²) in [7, 11) is 1.56. The number of rotatable bonds is 5. The summed E-state index contributed by atoms with van der Waals surface area (Å²) in [5.41, 5.74) is 0.909. The zero-order valence-electron chi connectivity index (χ0n) is 9.32. The highest BCUT2D eigenvalue weighted by Crippen LogP contribution is 2.05. The molecular formula is C10H17N3O2. The molecule has 0 fully saturated rings. The molecule has 1 aromatic rings. The number of methoxy groups -OCH3 is 1. The molecule has 1 rings (SSSR count). The van der Waals surface area contributed by atoms with Crippen molar-refractivity contribution in [3.63, 3.8) is 0 Å². The Hall–Kier alpha value is -1.20. The van der Waals surface area contributed by atoms with Gasteiger partial charge < -0.3 is 15.2 Å². The van der Waals surface area contributed by atoms with E-state index in [0.29, 0.717) is 13.2 Å². The van der Waals surface area contributed by atoms with E-state index in [1.165, 1.54) is 0 Å². The van der Waals surface area contributed by atoms with Gasteiger partial charge in [0, 0.05) is 25.4 Å². The number of aryl methyl sites for hydroxylation is 2. The molecule has 84 valence electrons. The van der Waals surface area contributed by atoms with Gasteiger partial charge in [-0.2, -0.15) is 0 Å². The third-order valence-electron chi connectivity index (χ3n) is 1.84. The first-order valence-corrected chi connectivity index (χ1v) is 4.85. The molecule has 1 atom stereocenters. The van der Waals surface area contributed by atoms with E-state index in [1.807, 2.05) is 19.9 Å². The fourth-order valence-electron chi connectivity index (χ4n) is 1.28. The number of nitrogens with one attached hydrogen (secondary N) is 1. The topological polar surface area (TPSA) is 67.3 Å². The third kappa shape index (κ3) is 4.22. The Balaban J connectivity index is 2.50. The van der Waals surface area contributed by atoms with Gasteiger partial charge in [0.2, 0.25) is 0 Å². The van der Waals surface area contributed by atoms with Crippen molar-refractivity contribution >= 4 is 5.82 Å². The van der Waals surface area contributed by atoms with Crippen LogP contribution in [0.15, 0.2) is 6.07 Å². The van der Waals surface area contributed by atoms with Crippen LogP contribution in [0.25, 0.3) is 0 Å². The van der Waals surface area contributed by atoms with Gasteiger partial charge in [0.25, 0.3) is 0 Å². The number of hydrogen-bond donors (Lipinski definition) is 2. The summed E-state index contributed by atoms with van der Waals surface area (Å²) in [5.74, 6) is 1.45. The Morgan fingerprint density at radius 2 is 2.20 bits per heavy atom. The zero-order chi connectivity index (χ0) is 11.3. The van der Waals surface area contributed by atoms with Gasteiger partial charge in [0.15, 0.2) is 0 Å². The van der Waals surface area contributed by atoms with Crippen LogP contribution in [0.4, 0.5) is 5.82 Å². The lowest BCUT2D eigenvalue weighted by Gasteiger charge is -2.11. The second-order valence-electron chi connectivity index (χ2n) is 3.43. The standard InChI is InChI=1S/C10H17N3O2/c1-7-4-10(13-8(2)12-7)11-5-9(14)6-15-3/h4,9,14H,5-6H2,1-3H3,(H,11,12,13). The minimum Gasteiger partial charge on any atom is -0.389 e. The van der Waals surface area contributed by atoms with E-state index in [9.17, 15) is 5.11 Å². The molecule has 5 nitrogen and oxygen atoms in total. The van der Waals surface area contributed by atoms with Gasteiger partial charge >= 0.3 is 0 Å². The normalized spacial score (nSPS) is 12.5. The molecule has 0 aliphatic heterocycles. The van der Waals surface area contributed by atoms with Crippen molar-refractivity contribution in [2.45, 2.75) is 20.0 Å². The van der Waals surface area contributed by atoms with E-state index < -0.39 is 6.10 Å². The number of anilines is 1. The first-order chi connectivity index (χ1) is 7.11. The summed E-state index contributed by atoms with van der Waals surface area (Å²) in [4.78, 5) is 8.35. The molecule has 5 heteroatoms. The largest absolute Gasteiger partial charge is 0.389 e. The van der Waals surface area contributed by atoms with Crippen LogP contribution in [-0.2, 0) is 4.74 Å². The van der Waals surface area contributed by atoms with Crippen molar-refractivity contribution in [1.29, 1.82) is 0 Å². The van der Waals surface area contributed by atoms with E-state index >= 15 is 0 Å². The molecule has 2 N–H and O–H groups in total. The summed E-state index contributed by atoms with van der Waals surface area (Å²) in [5, 5.41) is 12.4. The van der Waals surface area contributed by atoms with Crippen molar-refractivity contribution in [2.24, 2.45) is 0 Å². The Bertz CT molecular complexity index is 297. The number of aliphatic hydroxyl groups excluding tert-OH is 1. The zero-order valence-corrected chi connectivity index (χ0v) is 9.32. The van der Waals surface area contributed by atoms with Gasteiger partial charge in [0.1, 0.15) is 11.6 Å². The molecule has 0 aliphatic carbocycles. The van der Waals surface area contributed by atoms with Crippen LogP contribution in [0.5, 0.6) is 0 Å². The maximum absolute atomic E-state index is 9.42. The Labute approximate surface area is 89.5 Å². The first kappa shape index (κ1) is 11.9. The summed E-state index contributed by atoms with van der Waals surface area (Å²) in [6.45, 7) is 4.48. The van der Waals surface area contributed by atoms with Crippen LogP contribution in [0.1, 0.15) is 11.5 Å². The lowest BCUT2D eigenvalue weighted by atomic mass is 10.3. The molecule has 1 unspecified atom stereocenters. The Morgan fingerprint density at radius 3 is 2.80 bits per heavy atom. The lowest BCUT2D eigenvalue weighted by Crippen LogP contribution is -2.24. The molecule has 0 aromatic carbocycles. The minimum absolute atomic E-state index is 0.316. The minimum atomic E-state index is -0.523. The van der Waals surface area contributed by atoms with E-state index in [-0.39, 0.29) is 0 Å². The predicted octanol–water partition coefficient (Wildman–Crippen LogP) is 0.513. The number of aliphatic hydroxyl groups is 1. The van der Waals surface area contributed by atoms with E-state index in [1.54, 1.807) is 7.11 Å². The molecule has 1 heterocycles. The lowest BCUT2D eigenvalue weighted by molar-refractivity contribution is 0.0727. The molecule has 0 amide bonds. The SMILES string of the molecule is COCC(O)CNc1cc(C)nc(C)n1. The van der Waals surface area contributed by atoms with Crippen LogP contribution < -0.4 is 5.32 Å². The van der Waals surface area contributed by atoms with Gasteiger partial charge in [-0.1, -0.05) is 0 Å². The van der Waals surface area contributed by atoms with Gasteiger partial charge in [-0.3, -0.25) is 0 Å². The summed E-state index contributed by atoms with van der Waals surface area (Å²) < 4.78 is 4.82. The maximum Gasteiger partial charge on any atom is 0.130 e. The molecule has 1 aromatic heterocycles. The van der Waals surface area contributed by atoms with Crippen LogP contribution in [0, 0.1) is 13.8 Å². The number of hydrogen-bond acceptors (Lipinski definition) is 5. The molecule has 0 aliphatic rings. The molecular weight excluding hydrogens is 194 g/mol. The maximum atomic E-state index is 9.42. The third-order valence-corrected chi connectivity index (χ3v) is 1.84. The van der Waals surface area contributed by atoms with Crippen molar-refractivity contribution in [3.8, 4) is 0 Å². The van der Waals surface area contributed by atoms with Crippen LogP contribution >= 0.6 is 0 Å². The highest BCUT2D eigenvalue weighted by molar-refractivity contribution is 5.35. The number of ether oxygens (including phenoxy) is 1. The fourth-order valence-corrected chi connectivity index (χ4v) is 1.28. The molecule has 0 bridgehead atoms. The van der Waals surface area contributed by atoms with E-state index in [4.69, 9.17) is 4.74 Å². The molecule has 0 saturated heterocycles. The molecule has 0 spiro atoms. The predicted molar refractivity (Wildman–Crippen MR) is 57.9 cm³/mol. The fraction of sp³-hybridized carbons (Fsp3) is 0.600. The second kappa shape index (κ2) is 5.63. The van der Waals surface area contributed by atoms with Crippen molar-refractivity contribution in [3.05, 3.63) is 17.6 Å². The first-order valence-electron chi connectivity index (χ1n) is 4.85. The molecule has 15 heavy (non-hydrogen) atoms. The van der Waals surface area contributed by atoms with Crippen molar-refractivity contribution in [2.75, 3.05) is 25.6 Å². The number of nitrogens with zero attached hydrogens (tertiary/aromatic N) is 2. The Morgan fingerprint density at radius 1 is 1.47 bits per heavy atom. The smallest absolute Gasteiger partial charge is 0.130 e. The van der Waals surface area contributed by atoms with Gasteiger partial charge in [-0.05, 0) is 13.8 Å². The molecule has 0 radical (unpaired) electrons. The summed E-state index contributed by atoms with van der Waals surface area (Å²) in [6.07, 6.45) is -0.523. The molecule has 0 saturated carbocycles. The van der Waals surface area contributed by atoms with Crippen LogP contribution in [-0.4, -0.2) is 41.4 Å². The summed E-state index contributed by atoms with van der Waals surface area (Å²) >= 11 is 0. The van der Waals surface area contributed by atoms with Crippen molar-refractivity contribution in [1.82, 2.24) is 9.97 Å². The van der Waals surface area contributed by atoms with Gasteiger partial charge in [0.05, 0.1) is 12.7 Å². The second-order valence-corrected chi connectivity index (χ2v) is 3.43. The summed E-state index contributed by atoms with van der Waals surface area (Å²) in [6, 6.07) is 1.84. The quantitative estimate of drug-likeness (QED) is 0.743. The Kier molecular flexibility index (Phi) is 4.45. The monoisotopic (exact) mass is 211 g/mol. The highest BCUT2D eigenvalue weighted by atomic mass is 16.5. The van der Waals surface area contributed by atoms with E-state index in [0.717, 1.165) is 17.3 Å². The van der Waals surface area contributed by atoms with Gasteiger partial charge in [-0.15, -0.1) is 0 Å². The van der Waals surface area contributed by atoms with Crippen LogP contribution in [0.2, 0.25) is 0 Å². The number of aromatic nitrogens is 2.